The smallest absolute Gasteiger partial charge is 0.231 e. The molecule has 4 heteroatoms. The molecule has 0 heterocycles. The topological polar surface area (TPSA) is 34.1 Å². The van der Waals surface area contributed by atoms with E-state index in [1.165, 1.54) is 0 Å². The lowest BCUT2D eigenvalue weighted by molar-refractivity contribution is -0.115. The molecule has 0 aliphatic heterocycles. The van der Waals surface area contributed by atoms with Gasteiger partial charge in [0, 0.05) is 6.42 Å². The summed E-state index contributed by atoms with van der Waals surface area (Å²) in [6.45, 7) is 1.73. The summed E-state index contributed by atoms with van der Waals surface area (Å²) in [6.07, 6.45) is 0.552. The van der Waals surface area contributed by atoms with Crippen LogP contribution in [0, 0.1) is 11.6 Å². The quantitative estimate of drug-likeness (QED) is 0.567. The van der Waals surface area contributed by atoms with Crippen molar-refractivity contribution in [3.63, 3.8) is 0 Å². The molecule has 0 bridgehead atoms. The molecule has 15 heavy (non-hydrogen) atoms. The van der Waals surface area contributed by atoms with Crippen molar-refractivity contribution >= 4 is 11.6 Å². The van der Waals surface area contributed by atoms with Crippen LogP contribution in [0.3, 0.4) is 0 Å². The third-order valence-electron chi connectivity index (χ3n) is 1.90. The molecule has 0 atom stereocenters. The van der Waals surface area contributed by atoms with Crippen LogP contribution < -0.4 is 0 Å². The summed E-state index contributed by atoms with van der Waals surface area (Å²) in [4.78, 5) is 22.5. The van der Waals surface area contributed by atoms with Crippen molar-refractivity contribution in [3.05, 3.63) is 35.4 Å². The van der Waals surface area contributed by atoms with E-state index in [9.17, 15) is 18.4 Å². The number of carbonyl (C=O) groups is 2. The lowest BCUT2D eigenvalue weighted by atomic mass is 10.0. The molecule has 1 aromatic rings. The number of carbonyl (C=O) groups excluding carboxylic acids is 2. The summed E-state index contributed by atoms with van der Waals surface area (Å²) in [7, 11) is 0. The molecule has 2 nitrogen and oxygen atoms in total. The summed E-state index contributed by atoms with van der Waals surface area (Å²) in [5, 5.41) is 0. The van der Waals surface area contributed by atoms with Gasteiger partial charge in [-0.15, -0.1) is 0 Å². The average Bonchev–Trinajstić information content (AvgIpc) is 2.21. The number of hydrogen-bond donors (Lipinski definition) is 0. The van der Waals surface area contributed by atoms with Gasteiger partial charge in [0.2, 0.25) is 11.6 Å². The van der Waals surface area contributed by atoms with Gasteiger partial charge in [-0.1, -0.05) is 6.92 Å². The maximum Gasteiger partial charge on any atom is 0.231 e. The monoisotopic (exact) mass is 212 g/mol. The van der Waals surface area contributed by atoms with Crippen LogP contribution >= 0.6 is 0 Å². The van der Waals surface area contributed by atoms with Gasteiger partial charge in [0.15, 0.2) is 0 Å². The fourth-order valence-electron chi connectivity index (χ4n) is 1.16. The minimum atomic E-state index is -0.964. The molecule has 0 unspecified atom stereocenters. The SMILES string of the molecule is CCCC(=O)C(=O)c1cc(F)ccc1F. The Morgan fingerprint density at radius 2 is 1.93 bits per heavy atom. The maximum atomic E-state index is 13.1. The molecule has 0 fully saturated rings. The van der Waals surface area contributed by atoms with Gasteiger partial charge in [0.05, 0.1) is 5.56 Å². The summed E-state index contributed by atoms with van der Waals surface area (Å²) >= 11 is 0. The fraction of sp³-hybridized carbons (Fsp3) is 0.273. The normalized spacial score (nSPS) is 10.1. The molecule has 0 aromatic heterocycles. The highest BCUT2D eigenvalue weighted by Crippen LogP contribution is 2.11. The van der Waals surface area contributed by atoms with Gasteiger partial charge < -0.3 is 0 Å². The molecule has 0 radical (unpaired) electrons. The van der Waals surface area contributed by atoms with E-state index >= 15 is 0 Å². The zero-order chi connectivity index (χ0) is 11.4. The second-order valence-electron chi connectivity index (χ2n) is 3.13. The maximum absolute atomic E-state index is 13.1. The van der Waals surface area contributed by atoms with Gasteiger partial charge in [-0.2, -0.15) is 0 Å². The Kier molecular flexibility index (Phi) is 3.66. The predicted molar refractivity (Wildman–Crippen MR) is 50.6 cm³/mol. The van der Waals surface area contributed by atoms with E-state index in [1.807, 2.05) is 0 Å². The Labute approximate surface area is 85.9 Å². The lowest BCUT2D eigenvalue weighted by Crippen LogP contribution is -2.15. The molecule has 0 saturated heterocycles. The van der Waals surface area contributed by atoms with Gasteiger partial charge in [0.1, 0.15) is 11.6 Å². The van der Waals surface area contributed by atoms with Gasteiger partial charge in [-0.05, 0) is 24.6 Å². The Morgan fingerprint density at radius 1 is 1.27 bits per heavy atom. The van der Waals surface area contributed by atoms with Crippen molar-refractivity contribution in [1.29, 1.82) is 0 Å². The van der Waals surface area contributed by atoms with Gasteiger partial charge in [-0.3, -0.25) is 9.59 Å². The fourth-order valence-corrected chi connectivity index (χ4v) is 1.16. The molecule has 0 amide bonds. The molecule has 0 N–H and O–H groups in total. The third-order valence-corrected chi connectivity index (χ3v) is 1.90. The predicted octanol–water partition coefficient (Wildman–Crippen LogP) is 2.52. The van der Waals surface area contributed by atoms with Crippen molar-refractivity contribution in [1.82, 2.24) is 0 Å². The van der Waals surface area contributed by atoms with Crippen LogP contribution in [-0.4, -0.2) is 11.6 Å². The minimum absolute atomic E-state index is 0.0504. The largest absolute Gasteiger partial charge is 0.290 e. The van der Waals surface area contributed by atoms with Crippen LogP contribution in [0.5, 0.6) is 0 Å². The first kappa shape index (κ1) is 11.5. The van der Waals surface area contributed by atoms with Crippen molar-refractivity contribution in [2.24, 2.45) is 0 Å². The number of rotatable bonds is 4. The summed E-state index contributed by atoms with van der Waals surface area (Å²) < 4.78 is 25.8. The Bertz CT molecular complexity index is 400. The van der Waals surface area contributed by atoms with Crippen LogP contribution in [0.15, 0.2) is 18.2 Å². The number of Topliss-reactive ketones (excluding diaryl/α,β-unsaturated/α-hetero) is 2. The van der Waals surface area contributed by atoms with Crippen molar-refractivity contribution in [2.45, 2.75) is 19.8 Å². The minimum Gasteiger partial charge on any atom is -0.290 e. The molecule has 1 aromatic carbocycles. The number of hydrogen-bond acceptors (Lipinski definition) is 2. The first-order valence-electron chi connectivity index (χ1n) is 4.58. The van der Waals surface area contributed by atoms with E-state index in [1.54, 1.807) is 6.92 Å². The molecular weight excluding hydrogens is 202 g/mol. The molecule has 0 saturated carbocycles. The van der Waals surface area contributed by atoms with Crippen LogP contribution in [-0.2, 0) is 4.79 Å². The summed E-state index contributed by atoms with van der Waals surface area (Å²) in [5.74, 6) is -3.26. The van der Waals surface area contributed by atoms with Crippen molar-refractivity contribution < 1.29 is 18.4 Å². The summed E-state index contributed by atoms with van der Waals surface area (Å²) in [5.41, 5.74) is -0.492. The number of halogens is 2. The third kappa shape index (κ3) is 2.68. The zero-order valence-corrected chi connectivity index (χ0v) is 8.22. The van der Waals surface area contributed by atoms with Crippen molar-refractivity contribution in [2.75, 3.05) is 0 Å². The van der Waals surface area contributed by atoms with E-state index in [2.05, 4.69) is 0 Å². The van der Waals surface area contributed by atoms with E-state index < -0.39 is 28.8 Å². The molecule has 1 rings (SSSR count). The Hall–Kier alpha value is -1.58. The highest BCUT2D eigenvalue weighted by Gasteiger charge is 2.19. The highest BCUT2D eigenvalue weighted by atomic mass is 19.1. The zero-order valence-electron chi connectivity index (χ0n) is 8.22. The molecule has 80 valence electrons. The average molecular weight is 212 g/mol. The standard InChI is InChI=1S/C11H10F2O2/c1-2-3-10(14)11(15)8-6-7(12)4-5-9(8)13/h4-6H,2-3H2,1H3. The molecule has 0 aliphatic rings. The van der Waals surface area contributed by atoms with Crippen LogP contribution in [0.1, 0.15) is 30.1 Å². The van der Waals surface area contributed by atoms with E-state index in [0.29, 0.717) is 6.42 Å². The lowest BCUT2D eigenvalue weighted by Gasteiger charge is -2.00. The van der Waals surface area contributed by atoms with Crippen LogP contribution in [0.2, 0.25) is 0 Å². The second kappa shape index (κ2) is 4.77. The van der Waals surface area contributed by atoms with E-state index in [4.69, 9.17) is 0 Å². The van der Waals surface area contributed by atoms with Crippen molar-refractivity contribution in [3.8, 4) is 0 Å². The molecule has 0 spiro atoms. The number of ketones is 2. The van der Waals surface area contributed by atoms with Gasteiger partial charge in [0.25, 0.3) is 0 Å². The molecular formula is C11H10F2O2. The Morgan fingerprint density at radius 3 is 2.53 bits per heavy atom. The van der Waals surface area contributed by atoms with Crippen LogP contribution in [0.25, 0.3) is 0 Å². The first-order chi connectivity index (χ1) is 7.06. The number of benzene rings is 1. The Balaban J connectivity index is 3.00. The first-order valence-corrected chi connectivity index (χ1v) is 4.58. The highest BCUT2D eigenvalue weighted by molar-refractivity contribution is 6.43. The van der Waals surface area contributed by atoms with Crippen LogP contribution in [0.4, 0.5) is 8.78 Å². The van der Waals surface area contributed by atoms with E-state index in [0.717, 1.165) is 18.2 Å². The second-order valence-corrected chi connectivity index (χ2v) is 3.13. The van der Waals surface area contributed by atoms with E-state index in [-0.39, 0.29) is 6.42 Å². The summed E-state index contributed by atoms with van der Waals surface area (Å²) in [6, 6.07) is 2.48. The van der Waals surface area contributed by atoms with Gasteiger partial charge in [-0.25, -0.2) is 8.78 Å². The van der Waals surface area contributed by atoms with Gasteiger partial charge >= 0.3 is 0 Å². The molecule has 0 aliphatic carbocycles.